The first-order valence-electron chi connectivity index (χ1n) is 13.6. The Kier molecular flexibility index (Phi) is 11.2. The standard InChI is InChI=1S/C29H38F5NO3S/c1-27(22-13-16-35-17-14-22)21-38-26-20-23(36)11-12-24(26)25(27)10-7-5-3-2-4-6-8-18-39(37)19-9-15-28(30,31)29(32,33)34/h11-14,16-17,20,25,36H,2-10,15,18-19,21H2,1H3. The lowest BCUT2D eigenvalue weighted by atomic mass is 9.66. The van der Waals surface area contributed by atoms with Gasteiger partial charge in [-0.3, -0.25) is 9.19 Å². The Hall–Kier alpha value is -2.23. The summed E-state index contributed by atoms with van der Waals surface area (Å²) in [5.41, 5.74) is 2.06. The summed E-state index contributed by atoms with van der Waals surface area (Å²) < 4.78 is 80.4. The molecule has 3 rings (SSSR count). The number of phenolic OH excluding ortho intramolecular Hbond substituents is 1. The average Bonchev–Trinajstić information content (AvgIpc) is 2.88. The summed E-state index contributed by atoms with van der Waals surface area (Å²) in [7, 11) is -1.37. The molecule has 39 heavy (non-hydrogen) atoms. The van der Waals surface area contributed by atoms with Crippen molar-refractivity contribution < 1.29 is 36.0 Å². The third-order valence-electron chi connectivity index (χ3n) is 7.65. The van der Waals surface area contributed by atoms with Crippen molar-refractivity contribution in [2.24, 2.45) is 0 Å². The molecule has 1 N–H and O–H groups in total. The van der Waals surface area contributed by atoms with E-state index in [1.165, 1.54) is 5.56 Å². The van der Waals surface area contributed by atoms with Crippen molar-refractivity contribution in [3.05, 3.63) is 53.9 Å². The van der Waals surface area contributed by atoms with Crippen molar-refractivity contribution in [2.45, 2.75) is 94.6 Å². The molecule has 2 heterocycles. The molecule has 1 aliphatic rings. The number of aromatic nitrogens is 1. The molecule has 10 heteroatoms. The van der Waals surface area contributed by atoms with Crippen LogP contribution in [0.1, 0.15) is 88.2 Å². The van der Waals surface area contributed by atoms with E-state index in [4.69, 9.17) is 4.74 Å². The van der Waals surface area contributed by atoms with Gasteiger partial charge in [0.2, 0.25) is 0 Å². The van der Waals surface area contributed by atoms with E-state index in [0.29, 0.717) is 18.8 Å². The van der Waals surface area contributed by atoms with E-state index in [0.717, 1.165) is 56.3 Å². The van der Waals surface area contributed by atoms with Gasteiger partial charge in [0.1, 0.15) is 11.5 Å². The van der Waals surface area contributed by atoms with Crippen LogP contribution in [0.4, 0.5) is 22.0 Å². The number of rotatable bonds is 15. The lowest BCUT2D eigenvalue weighted by Crippen LogP contribution is -2.40. The fourth-order valence-corrected chi connectivity index (χ4v) is 6.49. The van der Waals surface area contributed by atoms with E-state index in [1.807, 2.05) is 18.2 Å². The highest BCUT2D eigenvalue weighted by molar-refractivity contribution is 7.84. The molecule has 0 aliphatic carbocycles. The summed E-state index contributed by atoms with van der Waals surface area (Å²) in [5, 5.41) is 9.91. The number of fused-ring (bicyclic) bond motifs is 1. The molecular weight excluding hydrogens is 537 g/mol. The highest BCUT2D eigenvalue weighted by Crippen LogP contribution is 2.49. The van der Waals surface area contributed by atoms with Crippen LogP contribution < -0.4 is 4.74 Å². The second-order valence-electron chi connectivity index (χ2n) is 10.6. The van der Waals surface area contributed by atoms with Gasteiger partial charge >= 0.3 is 12.1 Å². The van der Waals surface area contributed by atoms with Gasteiger partial charge in [-0.1, -0.05) is 51.5 Å². The van der Waals surface area contributed by atoms with Crippen LogP contribution in [0.3, 0.4) is 0 Å². The minimum absolute atomic E-state index is 0.126. The van der Waals surface area contributed by atoms with E-state index in [9.17, 15) is 31.3 Å². The first-order chi connectivity index (χ1) is 18.4. The quantitative estimate of drug-likeness (QED) is 0.172. The molecule has 3 unspecified atom stereocenters. The highest BCUT2D eigenvalue weighted by atomic mass is 32.2. The molecule has 2 aromatic rings. The van der Waals surface area contributed by atoms with Gasteiger partial charge in [-0.05, 0) is 48.6 Å². The molecule has 1 aliphatic heterocycles. The summed E-state index contributed by atoms with van der Waals surface area (Å²) in [6.07, 6.45) is 4.02. The largest absolute Gasteiger partial charge is 0.508 e. The molecule has 0 bridgehead atoms. The van der Waals surface area contributed by atoms with Crippen molar-refractivity contribution in [1.82, 2.24) is 4.98 Å². The lowest BCUT2D eigenvalue weighted by Gasteiger charge is -2.43. The van der Waals surface area contributed by atoms with Crippen LogP contribution in [-0.2, 0) is 16.2 Å². The van der Waals surface area contributed by atoms with Gasteiger partial charge in [-0.25, -0.2) is 0 Å². The van der Waals surface area contributed by atoms with E-state index in [-0.39, 0.29) is 22.8 Å². The monoisotopic (exact) mass is 575 g/mol. The summed E-state index contributed by atoms with van der Waals surface area (Å²) in [4.78, 5) is 4.15. The number of hydrogen-bond donors (Lipinski definition) is 1. The number of phenols is 1. The number of unbranched alkanes of at least 4 members (excludes halogenated alkanes) is 6. The Balaban J connectivity index is 1.36. The lowest BCUT2D eigenvalue weighted by molar-refractivity contribution is -0.284. The summed E-state index contributed by atoms with van der Waals surface area (Å²) in [6, 6.07) is 9.41. The van der Waals surface area contributed by atoms with Crippen molar-refractivity contribution in [1.29, 1.82) is 0 Å². The van der Waals surface area contributed by atoms with Crippen LogP contribution in [-0.4, -0.2) is 44.5 Å². The Morgan fingerprint density at radius 1 is 0.949 bits per heavy atom. The minimum Gasteiger partial charge on any atom is -0.508 e. The maximum absolute atomic E-state index is 12.9. The number of halogens is 5. The number of alkyl halides is 5. The van der Waals surface area contributed by atoms with Crippen LogP contribution in [0, 0.1) is 0 Å². The maximum Gasteiger partial charge on any atom is 0.453 e. The van der Waals surface area contributed by atoms with E-state index < -0.39 is 35.7 Å². The molecule has 0 spiro atoms. The number of ether oxygens (including phenoxy) is 1. The summed E-state index contributed by atoms with van der Waals surface area (Å²) in [5.74, 6) is -3.35. The van der Waals surface area contributed by atoms with Crippen LogP contribution >= 0.6 is 0 Å². The fourth-order valence-electron chi connectivity index (χ4n) is 5.29. The van der Waals surface area contributed by atoms with Crippen LogP contribution in [0.15, 0.2) is 42.7 Å². The molecule has 4 nitrogen and oxygen atoms in total. The van der Waals surface area contributed by atoms with Gasteiger partial charge < -0.3 is 9.84 Å². The molecule has 0 amide bonds. The first kappa shape index (κ1) is 31.3. The zero-order valence-corrected chi connectivity index (χ0v) is 23.1. The second-order valence-corrected chi connectivity index (χ2v) is 12.3. The topological polar surface area (TPSA) is 59.4 Å². The van der Waals surface area contributed by atoms with Gasteiger partial charge in [-0.15, -0.1) is 0 Å². The molecule has 1 aromatic carbocycles. The number of pyridine rings is 1. The van der Waals surface area contributed by atoms with Gasteiger partial charge in [0.25, 0.3) is 0 Å². The fraction of sp³-hybridized carbons (Fsp3) is 0.621. The van der Waals surface area contributed by atoms with E-state index >= 15 is 0 Å². The van der Waals surface area contributed by atoms with Gasteiger partial charge in [0.15, 0.2) is 0 Å². The smallest absolute Gasteiger partial charge is 0.453 e. The number of benzene rings is 1. The predicted molar refractivity (Wildman–Crippen MR) is 143 cm³/mol. The zero-order valence-electron chi connectivity index (χ0n) is 22.3. The molecular formula is C29H38F5NO3S. The van der Waals surface area contributed by atoms with Crippen LogP contribution in [0.2, 0.25) is 0 Å². The second kappa shape index (κ2) is 13.9. The Labute approximate surface area is 229 Å². The number of aromatic hydroxyl groups is 1. The third kappa shape index (κ3) is 8.63. The van der Waals surface area contributed by atoms with E-state index in [1.54, 1.807) is 24.5 Å². The van der Waals surface area contributed by atoms with Crippen molar-refractivity contribution in [3.8, 4) is 11.5 Å². The molecule has 218 valence electrons. The van der Waals surface area contributed by atoms with Crippen LogP contribution in [0.5, 0.6) is 11.5 Å². The molecule has 0 fully saturated rings. The number of nitrogens with zero attached hydrogens (tertiary/aromatic N) is 1. The minimum atomic E-state index is -5.55. The molecule has 3 atom stereocenters. The van der Waals surface area contributed by atoms with Crippen LogP contribution in [0.25, 0.3) is 0 Å². The third-order valence-corrected chi connectivity index (χ3v) is 9.14. The predicted octanol–water partition coefficient (Wildman–Crippen LogP) is 8.07. The SMILES string of the molecule is CC1(c2ccncc2)COc2cc(O)ccc2C1CCCCCCCCCS(=O)CCCC(F)(F)C(F)(F)F. The molecule has 0 saturated heterocycles. The zero-order chi connectivity index (χ0) is 28.5. The van der Waals surface area contributed by atoms with Crippen molar-refractivity contribution in [2.75, 3.05) is 18.1 Å². The Morgan fingerprint density at radius 3 is 2.23 bits per heavy atom. The van der Waals surface area contributed by atoms with E-state index in [2.05, 4.69) is 11.9 Å². The summed E-state index contributed by atoms with van der Waals surface area (Å²) in [6.45, 7) is 2.73. The average molecular weight is 576 g/mol. The van der Waals surface area contributed by atoms with Crippen molar-refractivity contribution >= 4 is 10.8 Å². The van der Waals surface area contributed by atoms with Gasteiger partial charge in [0.05, 0.1) is 6.61 Å². The molecule has 0 radical (unpaired) electrons. The van der Waals surface area contributed by atoms with Crippen molar-refractivity contribution in [3.63, 3.8) is 0 Å². The maximum atomic E-state index is 12.9. The molecule has 0 saturated carbocycles. The normalized spacial score (nSPS) is 20.3. The molecule has 1 aromatic heterocycles. The van der Waals surface area contributed by atoms with Gasteiger partial charge in [-0.2, -0.15) is 22.0 Å². The van der Waals surface area contributed by atoms with Gasteiger partial charge in [0, 0.05) is 58.5 Å². The Bertz CT molecular complexity index is 1070. The number of hydrogen-bond acceptors (Lipinski definition) is 4. The highest BCUT2D eigenvalue weighted by Gasteiger charge is 2.56. The Morgan fingerprint density at radius 2 is 1.56 bits per heavy atom. The first-order valence-corrected chi connectivity index (χ1v) is 15.1. The summed E-state index contributed by atoms with van der Waals surface area (Å²) >= 11 is 0.